The van der Waals surface area contributed by atoms with Gasteiger partial charge in [-0.2, -0.15) is 5.10 Å². The number of aromatic nitrogens is 2. The summed E-state index contributed by atoms with van der Waals surface area (Å²) in [6.45, 7) is 14.2. The van der Waals surface area contributed by atoms with Crippen LogP contribution in [0.5, 0.6) is 0 Å². The van der Waals surface area contributed by atoms with Crippen LogP contribution in [0.15, 0.2) is 6.20 Å². The van der Waals surface area contributed by atoms with Crippen molar-refractivity contribution in [2.45, 2.75) is 72.0 Å². The third-order valence-corrected chi connectivity index (χ3v) is 6.20. The van der Waals surface area contributed by atoms with Crippen LogP contribution in [0.1, 0.15) is 57.2 Å². The van der Waals surface area contributed by atoms with Gasteiger partial charge in [0.2, 0.25) is 5.91 Å². The number of hydrogen-bond donors (Lipinski definition) is 0. The molecule has 0 saturated carbocycles. The highest BCUT2D eigenvalue weighted by molar-refractivity contribution is 5.73. The fourth-order valence-electron chi connectivity index (χ4n) is 4.58. The Balaban J connectivity index is 1.56. The maximum absolute atomic E-state index is 12.4. The average Bonchev–Trinajstić information content (AvgIpc) is 3.02. The molecule has 6 heteroatoms. The zero-order valence-corrected chi connectivity index (χ0v) is 17.5. The van der Waals surface area contributed by atoms with Gasteiger partial charge in [-0.3, -0.25) is 14.4 Å². The van der Waals surface area contributed by atoms with E-state index in [2.05, 4.69) is 39.8 Å². The molecule has 0 aliphatic carbocycles. The molecule has 0 spiro atoms. The molecule has 3 heterocycles. The van der Waals surface area contributed by atoms with E-state index in [1.54, 1.807) is 6.92 Å². The first-order chi connectivity index (χ1) is 13.1. The Hall–Kier alpha value is -1.40. The van der Waals surface area contributed by atoms with Crippen LogP contribution in [-0.4, -0.2) is 75.7 Å². The second-order valence-electron chi connectivity index (χ2n) is 8.24. The van der Waals surface area contributed by atoms with Gasteiger partial charge in [0.1, 0.15) is 0 Å². The minimum Gasteiger partial charge on any atom is -0.337 e. The van der Waals surface area contributed by atoms with Crippen molar-refractivity contribution in [2.24, 2.45) is 0 Å². The molecule has 2 aliphatic heterocycles. The molecule has 27 heavy (non-hydrogen) atoms. The molecule has 2 fully saturated rings. The summed E-state index contributed by atoms with van der Waals surface area (Å²) in [6, 6.07) is 0.350. The zero-order chi connectivity index (χ0) is 19.2. The van der Waals surface area contributed by atoms with Crippen molar-refractivity contribution in [1.82, 2.24) is 24.5 Å². The number of carbonyl (C=O) groups is 1. The molecule has 1 amide bonds. The fourth-order valence-corrected chi connectivity index (χ4v) is 4.58. The van der Waals surface area contributed by atoms with Gasteiger partial charge in [-0.25, -0.2) is 0 Å². The van der Waals surface area contributed by atoms with E-state index in [-0.39, 0.29) is 5.91 Å². The Kier molecular flexibility index (Phi) is 7.30. The molecular weight excluding hydrogens is 338 g/mol. The predicted octanol–water partition coefficient (Wildman–Crippen LogP) is 2.51. The first-order valence-corrected chi connectivity index (χ1v) is 10.8. The number of aryl methyl sites for hydroxylation is 2. The molecule has 152 valence electrons. The van der Waals surface area contributed by atoms with Crippen LogP contribution in [-0.2, 0) is 17.9 Å². The Bertz CT molecular complexity index is 608. The molecule has 0 bridgehead atoms. The van der Waals surface area contributed by atoms with Gasteiger partial charge < -0.3 is 9.80 Å². The molecule has 1 atom stereocenters. The van der Waals surface area contributed by atoms with Crippen molar-refractivity contribution in [3.05, 3.63) is 17.5 Å². The smallest absolute Gasteiger partial charge is 0.219 e. The zero-order valence-electron chi connectivity index (χ0n) is 17.5. The fraction of sp³-hybridized carbons (Fsp3) is 0.810. The Labute approximate surface area is 164 Å². The highest BCUT2D eigenvalue weighted by Crippen LogP contribution is 2.20. The summed E-state index contributed by atoms with van der Waals surface area (Å²) in [5, 5.41) is 4.58. The van der Waals surface area contributed by atoms with Crippen molar-refractivity contribution in [3.63, 3.8) is 0 Å². The SMILES string of the molecule is CCn1cc(CN2CCCC(N(CCN3CCCCC3)C(C)=O)C2)c(C)n1. The van der Waals surface area contributed by atoms with E-state index in [9.17, 15) is 4.79 Å². The van der Waals surface area contributed by atoms with Crippen LogP contribution >= 0.6 is 0 Å². The van der Waals surface area contributed by atoms with Gasteiger partial charge in [0.15, 0.2) is 0 Å². The maximum atomic E-state index is 12.4. The lowest BCUT2D eigenvalue weighted by Gasteiger charge is -2.40. The quantitative estimate of drug-likeness (QED) is 0.735. The Morgan fingerprint density at radius 2 is 1.93 bits per heavy atom. The second-order valence-corrected chi connectivity index (χ2v) is 8.24. The summed E-state index contributed by atoms with van der Waals surface area (Å²) in [5.41, 5.74) is 2.45. The van der Waals surface area contributed by atoms with Crippen LogP contribution in [0.4, 0.5) is 0 Å². The standard InChI is InChI=1S/C21H37N5O/c1-4-25-16-20(18(2)22-25)15-24-12-8-9-21(17-24)26(19(3)27)14-13-23-10-6-5-7-11-23/h16,21H,4-15,17H2,1-3H3. The number of hydrogen-bond acceptors (Lipinski definition) is 4. The number of piperidine rings is 2. The predicted molar refractivity (Wildman–Crippen MR) is 109 cm³/mol. The minimum absolute atomic E-state index is 0.230. The Morgan fingerprint density at radius 1 is 1.19 bits per heavy atom. The largest absolute Gasteiger partial charge is 0.337 e. The van der Waals surface area contributed by atoms with Gasteiger partial charge in [0.25, 0.3) is 0 Å². The van der Waals surface area contributed by atoms with Gasteiger partial charge in [0.05, 0.1) is 5.69 Å². The van der Waals surface area contributed by atoms with E-state index in [1.165, 1.54) is 44.3 Å². The highest BCUT2D eigenvalue weighted by atomic mass is 16.2. The van der Waals surface area contributed by atoms with E-state index in [0.717, 1.165) is 51.4 Å². The van der Waals surface area contributed by atoms with E-state index < -0.39 is 0 Å². The van der Waals surface area contributed by atoms with E-state index in [1.807, 2.05) is 4.68 Å². The van der Waals surface area contributed by atoms with Gasteiger partial charge in [0, 0.05) is 57.4 Å². The van der Waals surface area contributed by atoms with Crippen molar-refractivity contribution >= 4 is 5.91 Å². The maximum Gasteiger partial charge on any atom is 0.219 e. The van der Waals surface area contributed by atoms with Crippen LogP contribution in [0, 0.1) is 6.92 Å². The average molecular weight is 376 g/mol. The van der Waals surface area contributed by atoms with Crippen LogP contribution in [0.25, 0.3) is 0 Å². The summed E-state index contributed by atoms with van der Waals surface area (Å²) in [6.07, 6.45) is 8.45. The first kappa shape index (κ1) is 20.3. The van der Waals surface area contributed by atoms with Crippen molar-refractivity contribution in [3.8, 4) is 0 Å². The number of carbonyl (C=O) groups excluding carboxylic acids is 1. The highest BCUT2D eigenvalue weighted by Gasteiger charge is 2.28. The lowest BCUT2D eigenvalue weighted by molar-refractivity contribution is -0.132. The van der Waals surface area contributed by atoms with E-state index in [4.69, 9.17) is 0 Å². The summed E-state index contributed by atoms with van der Waals surface area (Å²) in [7, 11) is 0. The monoisotopic (exact) mass is 375 g/mol. The number of nitrogens with zero attached hydrogens (tertiary/aromatic N) is 5. The number of amides is 1. The molecule has 0 radical (unpaired) electrons. The second kappa shape index (κ2) is 9.69. The molecule has 3 rings (SSSR count). The lowest BCUT2D eigenvalue weighted by Crippen LogP contribution is -2.51. The lowest BCUT2D eigenvalue weighted by atomic mass is 10.0. The van der Waals surface area contributed by atoms with Gasteiger partial charge in [-0.05, 0) is 59.2 Å². The minimum atomic E-state index is 0.230. The van der Waals surface area contributed by atoms with Crippen LogP contribution in [0.3, 0.4) is 0 Å². The van der Waals surface area contributed by atoms with Crippen molar-refractivity contribution < 1.29 is 4.79 Å². The van der Waals surface area contributed by atoms with Crippen LogP contribution < -0.4 is 0 Å². The summed E-state index contributed by atoms with van der Waals surface area (Å²) in [4.78, 5) is 19.5. The summed E-state index contributed by atoms with van der Waals surface area (Å²) >= 11 is 0. The summed E-state index contributed by atoms with van der Waals surface area (Å²) < 4.78 is 2.02. The normalized spacial score (nSPS) is 22.1. The van der Waals surface area contributed by atoms with E-state index >= 15 is 0 Å². The van der Waals surface area contributed by atoms with Gasteiger partial charge >= 0.3 is 0 Å². The molecule has 1 aromatic rings. The molecule has 2 aliphatic rings. The molecule has 1 aromatic heterocycles. The third-order valence-electron chi connectivity index (χ3n) is 6.20. The summed E-state index contributed by atoms with van der Waals surface area (Å²) in [5.74, 6) is 0.230. The molecule has 0 N–H and O–H groups in total. The van der Waals surface area contributed by atoms with Crippen molar-refractivity contribution in [1.29, 1.82) is 0 Å². The molecule has 6 nitrogen and oxygen atoms in total. The van der Waals surface area contributed by atoms with Gasteiger partial charge in [-0.15, -0.1) is 0 Å². The van der Waals surface area contributed by atoms with Gasteiger partial charge in [-0.1, -0.05) is 6.42 Å². The number of likely N-dealkylation sites (tertiary alicyclic amines) is 2. The molecule has 0 aromatic carbocycles. The third kappa shape index (κ3) is 5.55. The first-order valence-electron chi connectivity index (χ1n) is 10.8. The molecule has 1 unspecified atom stereocenters. The topological polar surface area (TPSA) is 44.6 Å². The molecular formula is C21H37N5O. The number of rotatable bonds is 7. The van der Waals surface area contributed by atoms with Crippen LogP contribution in [0.2, 0.25) is 0 Å². The van der Waals surface area contributed by atoms with E-state index in [0.29, 0.717) is 6.04 Å². The Morgan fingerprint density at radius 3 is 2.59 bits per heavy atom. The molecule has 2 saturated heterocycles. The van der Waals surface area contributed by atoms with Crippen molar-refractivity contribution in [2.75, 3.05) is 39.3 Å².